The van der Waals surface area contributed by atoms with Crippen LogP contribution in [0.25, 0.3) is 0 Å². The first-order valence-electron chi connectivity index (χ1n) is 4.93. The second kappa shape index (κ2) is 6.50. The highest BCUT2D eigenvalue weighted by atomic mass is 16.7. The average molecular weight is 210 g/mol. The smallest absolute Gasteiger partial charge is 0.172 e. The van der Waals surface area contributed by atoms with E-state index >= 15 is 0 Å². The van der Waals surface area contributed by atoms with E-state index in [2.05, 4.69) is 10.3 Å². The van der Waals surface area contributed by atoms with Crippen molar-refractivity contribution in [2.45, 2.75) is 18.8 Å². The van der Waals surface area contributed by atoms with Gasteiger partial charge in [0, 0.05) is 26.6 Å². The fourth-order valence-electron chi connectivity index (χ4n) is 1.53. The van der Waals surface area contributed by atoms with Crippen LogP contribution in [0.2, 0.25) is 0 Å². The summed E-state index contributed by atoms with van der Waals surface area (Å²) in [6, 6.07) is 4.13. The topological polar surface area (TPSA) is 43.4 Å². The molecule has 1 atom stereocenters. The van der Waals surface area contributed by atoms with Crippen molar-refractivity contribution in [1.29, 1.82) is 0 Å². The summed E-state index contributed by atoms with van der Waals surface area (Å²) in [7, 11) is 5.19. The lowest BCUT2D eigenvalue weighted by atomic mass is 10.1. The quantitative estimate of drug-likeness (QED) is 0.706. The van der Waals surface area contributed by atoms with Crippen molar-refractivity contribution in [2.75, 3.05) is 21.3 Å². The van der Waals surface area contributed by atoms with Gasteiger partial charge >= 0.3 is 0 Å². The number of ether oxygens (including phenoxy) is 2. The predicted molar refractivity (Wildman–Crippen MR) is 58.6 cm³/mol. The molecule has 0 aliphatic rings. The van der Waals surface area contributed by atoms with Gasteiger partial charge in [-0.15, -0.1) is 0 Å². The van der Waals surface area contributed by atoms with E-state index in [1.54, 1.807) is 26.6 Å². The Morgan fingerprint density at radius 2 is 1.87 bits per heavy atom. The van der Waals surface area contributed by atoms with E-state index in [1.807, 2.05) is 19.2 Å². The van der Waals surface area contributed by atoms with Gasteiger partial charge in [0.25, 0.3) is 0 Å². The summed E-state index contributed by atoms with van der Waals surface area (Å²) < 4.78 is 10.4. The minimum absolute atomic E-state index is 0.141. The second-order valence-electron chi connectivity index (χ2n) is 3.29. The van der Waals surface area contributed by atoms with Gasteiger partial charge in [0.1, 0.15) is 0 Å². The molecule has 84 valence electrons. The first-order chi connectivity index (χ1) is 7.31. The molecule has 1 aromatic rings. The molecule has 0 aliphatic heterocycles. The van der Waals surface area contributed by atoms with Crippen molar-refractivity contribution >= 4 is 0 Å². The summed E-state index contributed by atoms with van der Waals surface area (Å²) in [5.74, 6) is 0. The van der Waals surface area contributed by atoms with E-state index in [-0.39, 0.29) is 12.3 Å². The van der Waals surface area contributed by atoms with Crippen LogP contribution in [-0.4, -0.2) is 38.6 Å². The highest BCUT2D eigenvalue weighted by Crippen LogP contribution is 2.07. The third kappa shape index (κ3) is 3.58. The van der Waals surface area contributed by atoms with Crippen LogP contribution in [0.15, 0.2) is 24.5 Å². The Kier molecular flexibility index (Phi) is 5.25. The Morgan fingerprint density at radius 1 is 1.27 bits per heavy atom. The van der Waals surface area contributed by atoms with Gasteiger partial charge in [-0.25, -0.2) is 0 Å². The lowest BCUT2D eigenvalue weighted by molar-refractivity contribution is -0.121. The van der Waals surface area contributed by atoms with Crippen LogP contribution in [-0.2, 0) is 15.9 Å². The van der Waals surface area contributed by atoms with Crippen LogP contribution < -0.4 is 5.32 Å². The summed E-state index contributed by atoms with van der Waals surface area (Å²) in [6.45, 7) is 0. The number of nitrogens with one attached hydrogen (secondary N) is 1. The molecule has 1 rings (SSSR count). The predicted octanol–water partition coefficient (Wildman–Crippen LogP) is 0.831. The summed E-state index contributed by atoms with van der Waals surface area (Å²) in [4.78, 5) is 3.98. The monoisotopic (exact) mass is 210 g/mol. The van der Waals surface area contributed by atoms with Crippen LogP contribution in [0.4, 0.5) is 0 Å². The van der Waals surface area contributed by atoms with Gasteiger partial charge in [-0.3, -0.25) is 4.98 Å². The molecule has 0 fully saturated rings. The highest BCUT2D eigenvalue weighted by molar-refractivity contribution is 5.11. The van der Waals surface area contributed by atoms with E-state index in [4.69, 9.17) is 9.47 Å². The number of pyridine rings is 1. The number of rotatable bonds is 6. The molecule has 0 bridgehead atoms. The lowest BCUT2D eigenvalue weighted by Crippen LogP contribution is -2.41. The Bertz CT molecular complexity index is 263. The van der Waals surface area contributed by atoms with Gasteiger partial charge in [-0.05, 0) is 31.2 Å². The van der Waals surface area contributed by atoms with Crippen LogP contribution in [0, 0.1) is 0 Å². The molecule has 1 heterocycles. The number of likely N-dealkylation sites (N-methyl/N-ethyl adjacent to an activating group) is 1. The molecule has 4 heteroatoms. The van der Waals surface area contributed by atoms with Crippen LogP contribution >= 0.6 is 0 Å². The standard InChI is InChI=1S/C11H18N2O2/c1-12-10(11(14-2)15-3)8-9-4-6-13-7-5-9/h4-7,10-12H,8H2,1-3H3. The van der Waals surface area contributed by atoms with Crippen molar-refractivity contribution in [3.63, 3.8) is 0 Å². The number of aromatic nitrogens is 1. The van der Waals surface area contributed by atoms with Crippen LogP contribution in [0.5, 0.6) is 0 Å². The van der Waals surface area contributed by atoms with Gasteiger partial charge < -0.3 is 14.8 Å². The molecule has 1 N–H and O–H groups in total. The second-order valence-corrected chi connectivity index (χ2v) is 3.29. The molecule has 1 aromatic heterocycles. The normalized spacial score (nSPS) is 13.1. The zero-order valence-corrected chi connectivity index (χ0v) is 9.43. The molecule has 0 aromatic carbocycles. The maximum atomic E-state index is 5.22. The number of methoxy groups -OCH3 is 2. The fraction of sp³-hybridized carbons (Fsp3) is 0.545. The Morgan fingerprint density at radius 3 is 2.33 bits per heavy atom. The SMILES string of the molecule is CNC(Cc1ccncc1)C(OC)OC. The van der Waals surface area contributed by atoms with Crippen molar-refractivity contribution in [1.82, 2.24) is 10.3 Å². The molecule has 4 nitrogen and oxygen atoms in total. The van der Waals surface area contributed by atoms with E-state index in [0.717, 1.165) is 6.42 Å². The summed E-state index contributed by atoms with van der Waals surface area (Å²) in [6.07, 6.45) is 4.20. The Balaban J connectivity index is 2.61. The zero-order chi connectivity index (χ0) is 11.1. The molecular weight excluding hydrogens is 192 g/mol. The summed E-state index contributed by atoms with van der Waals surface area (Å²) in [5.41, 5.74) is 1.21. The van der Waals surface area contributed by atoms with E-state index in [1.165, 1.54) is 5.56 Å². The minimum Gasteiger partial charge on any atom is -0.354 e. The Labute approximate surface area is 90.6 Å². The zero-order valence-electron chi connectivity index (χ0n) is 9.43. The largest absolute Gasteiger partial charge is 0.354 e. The van der Waals surface area contributed by atoms with E-state index in [0.29, 0.717) is 0 Å². The molecule has 0 saturated carbocycles. The van der Waals surface area contributed by atoms with Crippen molar-refractivity contribution < 1.29 is 9.47 Å². The molecule has 0 saturated heterocycles. The number of nitrogens with zero attached hydrogens (tertiary/aromatic N) is 1. The maximum absolute atomic E-state index is 5.22. The van der Waals surface area contributed by atoms with Gasteiger partial charge in [-0.2, -0.15) is 0 Å². The van der Waals surface area contributed by atoms with E-state index < -0.39 is 0 Å². The van der Waals surface area contributed by atoms with Crippen molar-refractivity contribution in [3.05, 3.63) is 30.1 Å². The summed E-state index contributed by atoms with van der Waals surface area (Å²) >= 11 is 0. The first kappa shape index (κ1) is 12.1. The molecule has 0 radical (unpaired) electrons. The van der Waals surface area contributed by atoms with Crippen molar-refractivity contribution in [3.8, 4) is 0 Å². The fourth-order valence-corrected chi connectivity index (χ4v) is 1.53. The molecule has 1 unspecified atom stereocenters. The van der Waals surface area contributed by atoms with Crippen LogP contribution in [0.1, 0.15) is 5.56 Å². The molecule has 0 aliphatic carbocycles. The van der Waals surface area contributed by atoms with Gasteiger partial charge in [0.15, 0.2) is 6.29 Å². The molecular formula is C11H18N2O2. The van der Waals surface area contributed by atoms with Gasteiger partial charge in [0.2, 0.25) is 0 Å². The third-order valence-corrected chi connectivity index (χ3v) is 2.37. The third-order valence-electron chi connectivity index (χ3n) is 2.37. The van der Waals surface area contributed by atoms with Gasteiger partial charge in [-0.1, -0.05) is 0 Å². The average Bonchev–Trinajstić information content (AvgIpc) is 2.30. The molecule has 0 spiro atoms. The number of hydrogen-bond donors (Lipinski definition) is 1. The highest BCUT2D eigenvalue weighted by Gasteiger charge is 2.19. The van der Waals surface area contributed by atoms with Crippen molar-refractivity contribution in [2.24, 2.45) is 0 Å². The summed E-state index contributed by atoms with van der Waals surface area (Å²) in [5, 5.41) is 3.18. The maximum Gasteiger partial charge on any atom is 0.172 e. The molecule has 15 heavy (non-hydrogen) atoms. The first-order valence-corrected chi connectivity index (χ1v) is 4.93. The van der Waals surface area contributed by atoms with E-state index in [9.17, 15) is 0 Å². The lowest BCUT2D eigenvalue weighted by Gasteiger charge is -2.24. The van der Waals surface area contributed by atoms with Crippen LogP contribution in [0.3, 0.4) is 0 Å². The Hall–Kier alpha value is -0.970. The molecule has 0 amide bonds. The van der Waals surface area contributed by atoms with Gasteiger partial charge in [0.05, 0.1) is 6.04 Å². The number of hydrogen-bond acceptors (Lipinski definition) is 4. The minimum atomic E-state index is -0.233.